The van der Waals surface area contributed by atoms with Gasteiger partial charge in [0, 0.05) is 38.4 Å². The van der Waals surface area contributed by atoms with Crippen molar-refractivity contribution in [3.05, 3.63) is 118 Å². The zero-order chi connectivity index (χ0) is 19.3. The summed E-state index contributed by atoms with van der Waals surface area (Å²) in [6.07, 6.45) is 0.00908. The third-order valence-electron chi connectivity index (χ3n) is 4.59. The molecule has 3 aromatic rings. The lowest BCUT2D eigenvalue weighted by Gasteiger charge is -2.29. The highest BCUT2D eigenvalue weighted by Gasteiger charge is 2.51. The van der Waals surface area contributed by atoms with Crippen molar-refractivity contribution >= 4 is 21.7 Å². The molecule has 0 radical (unpaired) electrons. The van der Waals surface area contributed by atoms with E-state index in [9.17, 15) is 14.9 Å². The molecular formula is C22H18BrNO3. The molecule has 3 aromatic carbocycles. The van der Waals surface area contributed by atoms with Crippen LogP contribution in [0.15, 0.2) is 91.0 Å². The Balaban J connectivity index is 2.09. The molecule has 0 aliphatic carbocycles. The van der Waals surface area contributed by atoms with Crippen LogP contribution in [0.4, 0.5) is 0 Å². The van der Waals surface area contributed by atoms with Gasteiger partial charge in [0.25, 0.3) is 0 Å². The number of Topliss-reactive ketones (excluding diaryl/α,β-unsaturated/α-hetero) is 1. The Morgan fingerprint density at radius 3 is 1.89 bits per heavy atom. The van der Waals surface area contributed by atoms with E-state index in [1.807, 2.05) is 42.5 Å². The Kier molecular flexibility index (Phi) is 5.81. The van der Waals surface area contributed by atoms with E-state index in [1.54, 1.807) is 48.5 Å². The number of benzene rings is 3. The van der Waals surface area contributed by atoms with Gasteiger partial charge in [-0.15, -0.1) is 0 Å². The second-order valence-electron chi connectivity index (χ2n) is 6.25. The van der Waals surface area contributed by atoms with Gasteiger partial charge in [-0.1, -0.05) is 91.0 Å². The van der Waals surface area contributed by atoms with Crippen molar-refractivity contribution in [3.63, 3.8) is 0 Å². The van der Waals surface area contributed by atoms with E-state index >= 15 is 0 Å². The largest absolute Gasteiger partial charge is 0.306 e. The minimum atomic E-state index is -1.61. The first-order chi connectivity index (χ1) is 13.0. The molecule has 0 aliphatic rings. The fraction of sp³-hybridized carbons (Fsp3) is 0.136. The van der Waals surface area contributed by atoms with Gasteiger partial charge in [0.05, 0.1) is 5.92 Å². The maximum atomic E-state index is 12.9. The van der Waals surface area contributed by atoms with Gasteiger partial charge in [-0.2, -0.15) is 0 Å². The highest BCUT2D eigenvalue weighted by atomic mass is 79.9. The van der Waals surface area contributed by atoms with Crippen LogP contribution in [0.25, 0.3) is 0 Å². The highest BCUT2D eigenvalue weighted by molar-refractivity contribution is 9.09. The summed E-state index contributed by atoms with van der Waals surface area (Å²) in [5, 5.41) is 12.2. The van der Waals surface area contributed by atoms with Crippen LogP contribution in [-0.4, -0.2) is 10.7 Å². The first-order valence-electron chi connectivity index (χ1n) is 8.55. The third kappa shape index (κ3) is 3.98. The molecule has 4 nitrogen and oxygen atoms in total. The average molecular weight is 424 g/mol. The standard InChI is InChI=1S/C22H18BrNO3/c23-22(24(26)27,19-14-8-3-9-15-19)20(17-10-4-1-5-11-17)16-21(25)18-12-6-2-7-13-18/h1-15,20H,16H2/t20-,22+/m0/s1. The topological polar surface area (TPSA) is 60.2 Å². The Labute approximate surface area is 166 Å². The lowest BCUT2D eigenvalue weighted by atomic mass is 9.82. The van der Waals surface area contributed by atoms with Crippen LogP contribution in [0.2, 0.25) is 0 Å². The highest BCUT2D eigenvalue weighted by Crippen LogP contribution is 2.47. The minimum absolute atomic E-state index is 0.00908. The molecule has 0 heterocycles. The Bertz CT molecular complexity index is 916. The van der Waals surface area contributed by atoms with Gasteiger partial charge in [0.1, 0.15) is 0 Å². The van der Waals surface area contributed by atoms with Crippen LogP contribution in [0.5, 0.6) is 0 Å². The van der Waals surface area contributed by atoms with Gasteiger partial charge < -0.3 is 0 Å². The summed E-state index contributed by atoms with van der Waals surface area (Å²) in [5.41, 5.74) is 1.79. The predicted octanol–water partition coefficient (Wildman–Crippen LogP) is 5.57. The number of nitrogens with zero attached hydrogens (tertiary/aromatic N) is 1. The molecule has 5 heteroatoms. The van der Waals surface area contributed by atoms with E-state index < -0.39 is 10.4 Å². The molecule has 0 saturated heterocycles. The quantitative estimate of drug-likeness (QED) is 0.164. The van der Waals surface area contributed by atoms with Gasteiger partial charge in [0.15, 0.2) is 5.78 Å². The molecule has 0 bridgehead atoms. The molecule has 3 rings (SSSR count). The molecule has 0 unspecified atom stereocenters. The number of hydrogen-bond donors (Lipinski definition) is 0. The molecule has 0 fully saturated rings. The van der Waals surface area contributed by atoms with Crippen molar-refractivity contribution < 1.29 is 9.72 Å². The SMILES string of the molecule is O=C(C[C@@H](c1ccccc1)[C@@](Br)(c1ccccc1)[N+](=O)[O-])c1ccccc1. The molecule has 27 heavy (non-hydrogen) atoms. The number of ketones is 1. The van der Waals surface area contributed by atoms with Crippen LogP contribution >= 0.6 is 15.9 Å². The van der Waals surface area contributed by atoms with E-state index in [0.717, 1.165) is 5.56 Å². The summed E-state index contributed by atoms with van der Waals surface area (Å²) >= 11 is 3.41. The second-order valence-corrected chi connectivity index (χ2v) is 7.46. The third-order valence-corrected chi connectivity index (χ3v) is 5.89. The summed E-state index contributed by atoms with van der Waals surface area (Å²) in [6, 6.07) is 26.8. The summed E-state index contributed by atoms with van der Waals surface area (Å²) in [5.74, 6) is -0.810. The van der Waals surface area contributed by atoms with E-state index in [1.165, 1.54) is 0 Å². The predicted molar refractivity (Wildman–Crippen MR) is 109 cm³/mol. The summed E-state index contributed by atoms with van der Waals surface area (Å²) < 4.78 is -1.61. The van der Waals surface area contributed by atoms with Gasteiger partial charge in [-0.05, 0) is 5.56 Å². The van der Waals surface area contributed by atoms with Crippen molar-refractivity contribution in [1.29, 1.82) is 0 Å². The lowest BCUT2D eigenvalue weighted by Crippen LogP contribution is -2.37. The number of carbonyl (C=O) groups excluding carboxylic acids is 1. The fourth-order valence-corrected chi connectivity index (χ4v) is 3.88. The number of rotatable bonds is 7. The molecule has 0 saturated carbocycles. The molecule has 0 spiro atoms. The van der Waals surface area contributed by atoms with Crippen molar-refractivity contribution in [1.82, 2.24) is 0 Å². The first kappa shape index (κ1) is 19.0. The molecule has 136 valence electrons. The Morgan fingerprint density at radius 2 is 1.37 bits per heavy atom. The van der Waals surface area contributed by atoms with E-state index in [2.05, 4.69) is 15.9 Å². The van der Waals surface area contributed by atoms with Gasteiger partial charge in [0.2, 0.25) is 0 Å². The second kappa shape index (κ2) is 8.27. The summed E-state index contributed by atoms with van der Waals surface area (Å²) in [7, 11) is 0. The van der Waals surface area contributed by atoms with Crippen molar-refractivity contribution in [2.45, 2.75) is 16.8 Å². The lowest BCUT2D eigenvalue weighted by molar-refractivity contribution is -0.548. The first-order valence-corrected chi connectivity index (χ1v) is 9.35. The van der Waals surface area contributed by atoms with Crippen LogP contribution < -0.4 is 0 Å². The van der Waals surface area contributed by atoms with Crippen LogP contribution in [0, 0.1) is 10.1 Å². The van der Waals surface area contributed by atoms with Crippen LogP contribution in [0.1, 0.15) is 33.8 Å². The monoisotopic (exact) mass is 423 g/mol. The van der Waals surface area contributed by atoms with E-state index in [4.69, 9.17) is 0 Å². The maximum Gasteiger partial charge on any atom is 0.306 e. The number of nitro groups is 1. The minimum Gasteiger partial charge on any atom is -0.294 e. The van der Waals surface area contributed by atoms with Gasteiger partial charge in [-0.25, -0.2) is 0 Å². The maximum absolute atomic E-state index is 12.9. The van der Waals surface area contributed by atoms with Crippen molar-refractivity contribution in [2.24, 2.45) is 0 Å². The molecular weight excluding hydrogens is 406 g/mol. The zero-order valence-corrected chi connectivity index (χ0v) is 16.1. The van der Waals surface area contributed by atoms with Crippen LogP contribution in [-0.2, 0) is 4.45 Å². The van der Waals surface area contributed by atoms with Crippen molar-refractivity contribution in [3.8, 4) is 0 Å². The summed E-state index contributed by atoms with van der Waals surface area (Å²) in [4.78, 5) is 24.7. The number of carbonyl (C=O) groups is 1. The molecule has 0 aliphatic heterocycles. The fourth-order valence-electron chi connectivity index (χ4n) is 3.19. The normalized spacial score (nSPS) is 14.1. The Morgan fingerprint density at radius 1 is 0.889 bits per heavy atom. The molecule has 0 amide bonds. The van der Waals surface area contributed by atoms with Crippen LogP contribution in [0.3, 0.4) is 0 Å². The molecule has 0 N–H and O–H groups in total. The number of alkyl halides is 1. The zero-order valence-electron chi connectivity index (χ0n) is 14.5. The van der Waals surface area contributed by atoms with E-state index in [0.29, 0.717) is 11.1 Å². The van der Waals surface area contributed by atoms with Gasteiger partial charge >= 0.3 is 4.45 Å². The molecule has 2 atom stereocenters. The number of hydrogen-bond acceptors (Lipinski definition) is 3. The number of halogens is 1. The average Bonchev–Trinajstić information content (AvgIpc) is 2.73. The van der Waals surface area contributed by atoms with Gasteiger partial charge in [-0.3, -0.25) is 14.9 Å². The smallest absolute Gasteiger partial charge is 0.294 e. The van der Waals surface area contributed by atoms with E-state index in [-0.39, 0.29) is 17.1 Å². The summed E-state index contributed by atoms with van der Waals surface area (Å²) in [6.45, 7) is 0. The van der Waals surface area contributed by atoms with Crippen molar-refractivity contribution in [2.75, 3.05) is 0 Å². The Hall–Kier alpha value is -2.79. The molecule has 0 aromatic heterocycles.